The van der Waals surface area contributed by atoms with E-state index in [1.807, 2.05) is 0 Å². The van der Waals surface area contributed by atoms with Crippen molar-refractivity contribution in [3.8, 4) is 0 Å². The van der Waals surface area contributed by atoms with E-state index in [4.69, 9.17) is 11.1 Å². The number of amidine groups is 1. The van der Waals surface area contributed by atoms with Crippen molar-refractivity contribution in [1.82, 2.24) is 0 Å². The number of hydrogen-bond donors (Lipinski definition) is 2. The third kappa shape index (κ3) is 2.63. The van der Waals surface area contributed by atoms with Crippen molar-refractivity contribution in [2.75, 3.05) is 18.0 Å². The van der Waals surface area contributed by atoms with Gasteiger partial charge in [0.15, 0.2) is 0 Å². The summed E-state index contributed by atoms with van der Waals surface area (Å²) in [5.41, 5.74) is 6.43. The number of nitrogen functional groups attached to an aromatic ring is 1. The molecule has 0 aliphatic carbocycles. The Morgan fingerprint density at radius 1 is 1.44 bits per heavy atom. The average Bonchev–Trinajstić information content (AvgIpc) is 2.38. The van der Waals surface area contributed by atoms with Crippen LogP contribution >= 0.6 is 0 Å². The van der Waals surface area contributed by atoms with Gasteiger partial charge in [0.25, 0.3) is 0 Å². The molecule has 1 aromatic rings. The summed E-state index contributed by atoms with van der Waals surface area (Å²) in [6.45, 7) is 4.03. The molecule has 1 fully saturated rings. The third-order valence-electron chi connectivity index (χ3n) is 3.79. The second-order valence-electron chi connectivity index (χ2n) is 4.92. The van der Waals surface area contributed by atoms with Crippen molar-refractivity contribution in [1.29, 1.82) is 5.41 Å². The molecule has 3 N–H and O–H groups in total. The maximum Gasteiger partial charge on any atom is 0.147 e. The van der Waals surface area contributed by atoms with Crippen LogP contribution < -0.4 is 10.6 Å². The molecule has 1 aliphatic rings. The molecule has 0 radical (unpaired) electrons. The molecule has 0 unspecified atom stereocenters. The van der Waals surface area contributed by atoms with Gasteiger partial charge in [0.1, 0.15) is 11.7 Å². The van der Waals surface area contributed by atoms with Crippen LogP contribution in [0, 0.1) is 17.1 Å². The van der Waals surface area contributed by atoms with E-state index in [-0.39, 0.29) is 11.7 Å². The van der Waals surface area contributed by atoms with Gasteiger partial charge in [0.05, 0.1) is 5.69 Å². The summed E-state index contributed by atoms with van der Waals surface area (Å²) in [4.78, 5) is 2.09. The van der Waals surface area contributed by atoms with Crippen LogP contribution in [-0.4, -0.2) is 18.9 Å². The van der Waals surface area contributed by atoms with Crippen molar-refractivity contribution in [2.24, 2.45) is 11.7 Å². The molecule has 1 saturated heterocycles. The van der Waals surface area contributed by atoms with Gasteiger partial charge in [-0.3, -0.25) is 5.41 Å². The number of hydrogen-bond acceptors (Lipinski definition) is 2. The quantitative estimate of drug-likeness (QED) is 0.639. The first-order chi connectivity index (χ1) is 8.61. The van der Waals surface area contributed by atoms with Gasteiger partial charge >= 0.3 is 0 Å². The van der Waals surface area contributed by atoms with Gasteiger partial charge in [-0.05, 0) is 37.0 Å². The molecule has 1 heterocycles. The van der Waals surface area contributed by atoms with E-state index < -0.39 is 0 Å². The van der Waals surface area contributed by atoms with Crippen LogP contribution in [0.5, 0.6) is 0 Å². The van der Waals surface area contributed by atoms with Gasteiger partial charge in [-0.25, -0.2) is 4.39 Å². The molecular weight excluding hydrogens is 229 g/mol. The van der Waals surface area contributed by atoms with Crippen molar-refractivity contribution < 1.29 is 4.39 Å². The second-order valence-corrected chi connectivity index (χ2v) is 4.92. The number of piperidine rings is 1. The van der Waals surface area contributed by atoms with Crippen LogP contribution in [0.1, 0.15) is 31.7 Å². The maximum atomic E-state index is 14.0. The minimum atomic E-state index is -0.280. The van der Waals surface area contributed by atoms with Gasteiger partial charge < -0.3 is 10.6 Å². The summed E-state index contributed by atoms with van der Waals surface area (Å²) in [6, 6.07) is 4.80. The first-order valence-electron chi connectivity index (χ1n) is 6.50. The van der Waals surface area contributed by atoms with Crippen LogP contribution in [0.15, 0.2) is 18.2 Å². The Kier molecular flexibility index (Phi) is 3.84. The Hall–Kier alpha value is -1.58. The minimum Gasteiger partial charge on any atom is -0.384 e. The van der Waals surface area contributed by atoms with Gasteiger partial charge in [-0.15, -0.1) is 0 Å². The van der Waals surface area contributed by atoms with E-state index in [1.54, 1.807) is 12.1 Å². The largest absolute Gasteiger partial charge is 0.384 e. The molecule has 0 saturated carbocycles. The highest BCUT2D eigenvalue weighted by Crippen LogP contribution is 2.27. The summed E-state index contributed by atoms with van der Waals surface area (Å²) in [6.07, 6.45) is 3.47. The fourth-order valence-electron chi connectivity index (χ4n) is 2.51. The van der Waals surface area contributed by atoms with Crippen LogP contribution in [0.4, 0.5) is 10.1 Å². The van der Waals surface area contributed by atoms with E-state index in [1.165, 1.54) is 12.5 Å². The molecule has 3 nitrogen and oxygen atoms in total. The van der Waals surface area contributed by atoms with Crippen LogP contribution in [-0.2, 0) is 0 Å². The van der Waals surface area contributed by atoms with Gasteiger partial charge in [-0.1, -0.05) is 13.3 Å². The maximum absolute atomic E-state index is 14.0. The average molecular weight is 249 g/mol. The smallest absolute Gasteiger partial charge is 0.147 e. The lowest BCUT2D eigenvalue weighted by Crippen LogP contribution is -2.34. The lowest BCUT2D eigenvalue weighted by molar-refractivity contribution is 0.393. The Morgan fingerprint density at radius 2 is 2.11 bits per heavy atom. The number of benzene rings is 1. The number of nitrogens with zero attached hydrogens (tertiary/aromatic N) is 1. The molecule has 18 heavy (non-hydrogen) atoms. The lowest BCUT2D eigenvalue weighted by atomic mass is 9.94. The Morgan fingerprint density at radius 3 is 2.61 bits per heavy atom. The predicted molar refractivity (Wildman–Crippen MR) is 72.6 cm³/mol. The molecule has 0 aromatic heterocycles. The van der Waals surface area contributed by atoms with Crippen LogP contribution in [0.3, 0.4) is 0 Å². The Balaban J connectivity index is 2.12. The highest BCUT2D eigenvalue weighted by molar-refractivity contribution is 5.95. The minimum absolute atomic E-state index is 0.0925. The second kappa shape index (κ2) is 5.38. The molecule has 0 amide bonds. The first kappa shape index (κ1) is 12.9. The van der Waals surface area contributed by atoms with Crippen LogP contribution in [0.2, 0.25) is 0 Å². The summed E-state index contributed by atoms with van der Waals surface area (Å²) in [7, 11) is 0. The normalized spacial score (nSPS) is 16.9. The van der Waals surface area contributed by atoms with E-state index >= 15 is 0 Å². The highest BCUT2D eigenvalue weighted by atomic mass is 19.1. The molecule has 0 spiro atoms. The number of anilines is 1. The van der Waals surface area contributed by atoms with E-state index in [9.17, 15) is 4.39 Å². The zero-order valence-corrected chi connectivity index (χ0v) is 10.7. The van der Waals surface area contributed by atoms with Crippen molar-refractivity contribution >= 4 is 11.5 Å². The SMILES string of the molecule is CCC1CCN(c2ccc(C(=N)N)cc2F)CC1. The predicted octanol–water partition coefficient (Wildman–Crippen LogP) is 2.74. The number of nitrogens with two attached hydrogens (primary N) is 1. The first-order valence-corrected chi connectivity index (χ1v) is 6.50. The molecule has 4 heteroatoms. The standard InChI is InChI=1S/C14H20FN3/c1-2-10-5-7-18(8-6-10)13-4-3-11(14(16)17)9-12(13)15/h3-4,9-10H,2,5-8H2,1H3,(H3,16,17). The molecular formula is C14H20FN3. The van der Waals surface area contributed by atoms with E-state index in [0.29, 0.717) is 11.3 Å². The Bertz CT molecular complexity index is 437. The summed E-state index contributed by atoms with van der Waals surface area (Å²) >= 11 is 0. The van der Waals surface area contributed by atoms with E-state index in [2.05, 4.69) is 11.8 Å². The van der Waals surface area contributed by atoms with Crippen molar-refractivity contribution in [2.45, 2.75) is 26.2 Å². The summed E-state index contributed by atoms with van der Waals surface area (Å²) < 4.78 is 14.0. The monoisotopic (exact) mass is 249 g/mol. The highest BCUT2D eigenvalue weighted by Gasteiger charge is 2.20. The Labute approximate surface area is 107 Å². The molecule has 1 aliphatic heterocycles. The third-order valence-corrected chi connectivity index (χ3v) is 3.79. The molecule has 0 atom stereocenters. The van der Waals surface area contributed by atoms with E-state index in [0.717, 1.165) is 31.8 Å². The fourth-order valence-corrected chi connectivity index (χ4v) is 2.51. The molecule has 1 aromatic carbocycles. The van der Waals surface area contributed by atoms with Gasteiger partial charge in [-0.2, -0.15) is 0 Å². The molecule has 2 rings (SSSR count). The van der Waals surface area contributed by atoms with Crippen molar-refractivity contribution in [3.63, 3.8) is 0 Å². The fraction of sp³-hybridized carbons (Fsp3) is 0.500. The number of rotatable bonds is 3. The lowest BCUT2D eigenvalue weighted by Gasteiger charge is -2.33. The van der Waals surface area contributed by atoms with Crippen LogP contribution in [0.25, 0.3) is 0 Å². The van der Waals surface area contributed by atoms with Gasteiger partial charge in [0.2, 0.25) is 0 Å². The summed E-state index contributed by atoms with van der Waals surface area (Å²) in [5.74, 6) is 0.406. The van der Waals surface area contributed by atoms with Crippen molar-refractivity contribution in [3.05, 3.63) is 29.6 Å². The number of halogens is 1. The topological polar surface area (TPSA) is 53.1 Å². The molecule has 98 valence electrons. The zero-order chi connectivity index (χ0) is 13.1. The van der Waals surface area contributed by atoms with Gasteiger partial charge in [0, 0.05) is 18.7 Å². The number of nitrogens with one attached hydrogen (secondary N) is 1. The molecule has 0 bridgehead atoms. The zero-order valence-electron chi connectivity index (χ0n) is 10.7. The summed E-state index contributed by atoms with van der Waals surface area (Å²) in [5, 5.41) is 7.30.